The van der Waals surface area contributed by atoms with Gasteiger partial charge in [-0.15, -0.1) is 0 Å². The molecule has 21 heavy (non-hydrogen) atoms. The second-order valence-corrected chi connectivity index (χ2v) is 5.78. The summed E-state index contributed by atoms with van der Waals surface area (Å²) in [7, 11) is 0. The van der Waals surface area contributed by atoms with E-state index < -0.39 is 0 Å². The smallest absolute Gasteiger partial charge is 0.257 e. The van der Waals surface area contributed by atoms with Crippen LogP contribution in [0, 0.1) is 0 Å². The third-order valence-corrected chi connectivity index (χ3v) is 3.65. The third-order valence-electron chi connectivity index (χ3n) is 2.88. The molecule has 0 spiro atoms. The quantitative estimate of drug-likeness (QED) is 0.819. The van der Waals surface area contributed by atoms with E-state index in [0.717, 1.165) is 10.9 Å². The zero-order valence-electron chi connectivity index (χ0n) is 11.3. The SMILES string of the molecule is O=C(NC(=S)NCCc1ccccc1)c1ccc(Br)cc1. The molecule has 0 aliphatic heterocycles. The van der Waals surface area contributed by atoms with Gasteiger partial charge in [0.1, 0.15) is 0 Å². The summed E-state index contributed by atoms with van der Waals surface area (Å²) >= 11 is 8.45. The van der Waals surface area contributed by atoms with E-state index in [1.54, 1.807) is 12.1 Å². The van der Waals surface area contributed by atoms with Gasteiger partial charge in [0.2, 0.25) is 0 Å². The van der Waals surface area contributed by atoms with E-state index in [1.807, 2.05) is 30.3 Å². The molecule has 0 unspecified atom stereocenters. The molecule has 0 heterocycles. The van der Waals surface area contributed by atoms with Gasteiger partial charge in [-0.05, 0) is 48.5 Å². The molecule has 5 heteroatoms. The number of carbonyl (C=O) groups is 1. The molecule has 0 saturated heterocycles. The highest BCUT2D eigenvalue weighted by Crippen LogP contribution is 2.10. The fourth-order valence-electron chi connectivity index (χ4n) is 1.79. The summed E-state index contributed by atoms with van der Waals surface area (Å²) in [6, 6.07) is 17.2. The Kier molecular flexibility index (Phi) is 5.90. The van der Waals surface area contributed by atoms with Crippen molar-refractivity contribution in [3.8, 4) is 0 Å². The minimum atomic E-state index is -0.209. The second-order valence-electron chi connectivity index (χ2n) is 4.45. The van der Waals surface area contributed by atoms with Gasteiger partial charge in [-0.25, -0.2) is 0 Å². The molecule has 108 valence electrons. The van der Waals surface area contributed by atoms with Crippen LogP contribution >= 0.6 is 28.1 Å². The molecule has 0 radical (unpaired) electrons. The molecular weight excluding hydrogens is 348 g/mol. The maximum absolute atomic E-state index is 11.9. The minimum absolute atomic E-state index is 0.209. The van der Waals surface area contributed by atoms with Crippen LogP contribution in [0.15, 0.2) is 59.1 Å². The molecule has 0 aromatic heterocycles. The predicted octanol–water partition coefficient (Wildman–Crippen LogP) is 3.30. The number of nitrogens with one attached hydrogen (secondary N) is 2. The minimum Gasteiger partial charge on any atom is -0.362 e. The summed E-state index contributed by atoms with van der Waals surface area (Å²) in [4.78, 5) is 11.9. The number of carbonyl (C=O) groups excluding carboxylic acids is 1. The molecule has 1 amide bonds. The molecule has 2 N–H and O–H groups in total. The molecule has 0 aliphatic carbocycles. The largest absolute Gasteiger partial charge is 0.362 e. The number of rotatable bonds is 4. The Morgan fingerprint density at radius 3 is 2.38 bits per heavy atom. The first kappa shape index (κ1) is 15.7. The van der Waals surface area contributed by atoms with Crippen LogP contribution in [0.2, 0.25) is 0 Å². The number of thiocarbonyl (C=S) groups is 1. The summed E-state index contributed by atoms with van der Waals surface area (Å²) < 4.78 is 0.933. The van der Waals surface area contributed by atoms with E-state index in [0.29, 0.717) is 17.2 Å². The van der Waals surface area contributed by atoms with Crippen LogP contribution in [-0.2, 0) is 6.42 Å². The van der Waals surface area contributed by atoms with Crippen LogP contribution in [0.1, 0.15) is 15.9 Å². The molecule has 3 nitrogen and oxygen atoms in total. The fourth-order valence-corrected chi connectivity index (χ4v) is 2.24. The highest BCUT2D eigenvalue weighted by molar-refractivity contribution is 9.10. The number of halogens is 1. The van der Waals surface area contributed by atoms with Crippen LogP contribution < -0.4 is 10.6 Å². The van der Waals surface area contributed by atoms with Crippen molar-refractivity contribution < 1.29 is 4.79 Å². The van der Waals surface area contributed by atoms with Gasteiger partial charge in [0.25, 0.3) is 5.91 Å². The van der Waals surface area contributed by atoms with Crippen molar-refractivity contribution in [3.05, 3.63) is 70.2 Å². The number of amides is 1. The molecule has 0 atom stereocenters. The molecular formula is C16H15BrN2OS. The van der Waals surface area contributed by atoms with Crippen molar-refractivity contribution in [2.24, 2.45) is 0 Å². The van der Waals surface area contributed by atoms with E-state index in [9.17, 15) is 4.79 Å². The third kappa shape index (κ3) is 5.28. The Bertz CT molecular complexity index is 614. The Morgan fingerprint density at radius 2 is 1.71 bits per heavy atom. The summed E-state index contributed by atoms with van der Waals surface area (Å²) in [5.41, 5.74) is 1.80. The van der Waals surface area contributed by atoms with Crippen LogP contribution in [0.3, 0.4) is 0 Å². The average molecular weight is 363 g/mol. The van der Waals surface area contributed by atoms with Crippen molar-refractivity contribution in [1.82, 2.24) is 10.6 Å². The van der Waals surface area contributed by atoms with Gasteiger partial charge in [-0.2, -0.15) is 0 Å². The summed E-state index contributed by atoms with van der Waals surface area (Å²) in [5, 5.41) is 6.05. The lowest BCUT2D eigenvalue weighted by Gasteiger charge is -2.09. The lowest BCUT2D eigenvalue weighted by molar-refractivity contribution is 0.0976. The topological polar surface area (TPSA) is 41.1 Å². The van der Waals surface area contributed by atoms with Gasteiger partial charge in [-0.1, -0.05) is 46.3 Å². The maximum atomic E-state index is 11.9. The van der Waals surface area contributed by atoms with E-state index in [-0.39, 0.29) is 5.91 Å². The molecule has 2 aromatic rings. The molecule has 0 bridgehead atoms. The zero-order chi connectivity index (χ0) is 15.1. The van der Waals surface area contributed by atoms with E-state index in [4.69, 9.17) is 12.2 Å². The predicted molar refractivity (Wildman–Crippen MR) is 92.4 cm³/mol. The Labute approximate surface area is 137 Å². The van der Waals surface area contributed by atoms with Crippen LogP contribution in [-0.4, -0.2) is 17.6 Å². The van der Waals surface area contributed by atoms with Crippen LogP contribution in [0.25, 0.3) is 0 Å². The first-order valence-electron chi connectivity index (χ1n) is 6.54. The summed E-state index contributed by atoms with van der Waals surface area (Å²) in [5.74, 6) is -0.209. The molecule has 0 saturated carbocycles. The van der Waals surface area contributed by atoms with Gasteiger partial charge < -0.3 is 5.32 Å². The normalized spacial score (nSPS) is 9.95. The zero-order valence-corrected chi connectivity index (χ0v) is 13.7. The maximum Gasteiger partial charge on any atom is 0.257 e. The van der Waals surface area contributed by atoms with Crippen molar-refractivity contribution >= 4 is 39.2 Å². The van der Waals surface area contributed by atoms with E-state index >= 15 is 0 Å². The second kappa shape index (κ2) is 7.90. The van der Waals surface area contributed by atoms with Crippen molar-refractivity contribution in [3.63, 3.8) is 0 Å². The highest BCUT2D eigenvalue weighted by Gasteiger charge is 2.07. The first-order chi connectivity index (χ1) is 10.1. The van der Waals surface area contributed by atoms with Crippen LogP contribution in [0.4, 0.5) is 0 Å². The van der Waals surface area contributed by atoms with Gasteiger partial charge >= 0.3 is 0 Å². The molecule has 2 aromatic carbocycles. The summed E-state index contributed by atoms with van der Waals surface area (Å²) in [6.07, 6.45) is 0.856. The van der Waals surface area contributed by atoms with Crippen molar-refractivity contribution in [2.75, 3.05) is 6.54 Å². The fraction of sp³-hybridized carbons (Fsp3) is 0.125. The summed E-state index contributed by atoms with van der Waals surface area (Å²) in [6.45, 7) is 0.684. The lowest BCUT2D eigenvalue weighted by atomic mass is 10.1. The average Bonchev–Trinajstić information content (AvgIpc) is 2.49. The molecule has 0 aliphatic rings. The number of benzene rings is 2. The van der Waals surface area contributed by atoms with Crippen molar-refractivity contribution in [1.29, 1.82) is 0 Å². The monoisotopic (exact) mass is 362 g/mol. The Balaban J connectivity index is 1.76. The Hall–Kier alpha value is -1.72. The number of hydrogen-bond donors (Lipinski definition) is 2. The van der Waals surface area contributed by atoms with Crippen molar-refractivity contribution in [2.45, 2.75) is 6.42 Å². The van der Waals surface area contributed by atoms with Crippen LogP contribution in [0.5, 0.6) is 0 Å². The highest BCUT2D eigenvalue weighted by atomic mass is 79.9. The van der Waals surface area contributed by atoms with E-state index in [2.05, 4.69) is 38.7 Å². The molecule has 0 fully saturated rings. The van der Waals surface area contributed by atoms with E-state index in [1.165, 1.54) is 5.56 Å². The standard InChI is InChI=1S/C16H15BrN2OS/c17-14-8-6-13(7-9-14)15(20)19-16(21)18-11-10-12-4-2-1-3-5-12/h1-9H,10-11H2,(H2,18,19,20,21). The van der Waals surface area contributed by atoms with Gasteiger partial charge in [0.15, 0.2) is 5.11 Å². The lowest BCUT2D eigenvalue weighted by Crippen LogP contribution is -2.40. The first-order valence-corrected chi connectivity index (χ1v) is 7.74. The number of hydrogen-bond acceptors (Lipinski definition) is 2. The van der Waals surface area contributed by atoms with Gasteiger partial charge in [-0.3, -0.25) is 10.1 Å². The molecule has 2 rings (SSSR count). The van der Waals surface area contributed by atoms with Gasteiger partial charge in [0, 0.05) is 16.6 Å². The van der Waals surface area contributed by atoms with Gasteiger partial charge in [0.05, 0.1) is 0 Å². The Morgan fingerprint density at radius 1 is 1.05 bits per heavy atom.